The molecule has 0 radical (unpaired) electrons. The molecule has 0 saturated carbocycles. The molecule has 0 fully saturated rings. The van der Waals surface area contributed by atoms with E-state index >= 15 is 0 Å². The molecular weight excluding hydrogens is 292 g/mol. The second-order valence-corrected chi connectivity index (χ2v) is 6.49. The molecule has 4 nitrogen and oxygen atoms in total. The van der Waals surface area contributed by atoms with E-state index in [1.165, 1.54) is 16.0 Å². The fourth-order valence-electron chi connectivity index (χ4n) is 2.44. The number of thiazole rings is 1. The fourth-order valence-corrected chi connectivity index (χ4v) is 3.54. The van der Waals surface area contributed by atoms with Crippen molar-refractivity contribution in [1.29, 1.82) is 0 Å². The molecule has 3 rings (SSSR count). The quantitative estimate of drug-likeness (QED) is 0.781. The van der Waals surface area contributed by atoms with Gasteiger partial charge < -0.3 is 5.32 Å². The van der Waals surface area contributed by atoms with Crippen LogP contribution in [0.5, 0.6) is 0 Å². The number of benzene rings is 1. The summed E-state index contributed by atoms with van der Waals surface area (Å²) in [5, 5.41) is 8.83. The molecule has 0 aliphatic carbocycles. The maximum Gasteiger partial charge on any atom is 0.123 e. The first kappa shape index (κ1) is 14.9. The van der Waals surface area contributed by atoms with E-state index in [9.17, 15) is 0 Å². The van der Waals surface area contributed by atoms with Gasteiger partial charge in [-0.25, -0.2) is 4.98 Å². The topological polar surface area (TPSA) is 42.7 Å². The molecule has 2 aromatic heterocycles. The molecule has 0 aliphatic rings. The lowest BCUT2D eigenvalue weighted by Crippen LogP contribution is -2.17. The summed E-state index contributed by atoms with van der Waals surface area (Å²) in [5.41, 5.74) is 3.48. The molecule has 1 aromatic carbocycles. The van der Waals surface area contributed by atoms with E-state index in [2.05, 4.69) is 48.5 Å². The third kappa shape index (κ3) is 3.26. The Morgan fingerprint density at radius 1 is 1.27 bits per heavy atom. The number of hydrogen-bond donors (Lipinski definition) is 1. The number of nitrogens with one attached hydrogen (secondary N) is 1. The van der Waals surface area contributed by atoms with E-state index in [4.69, 9.17) is 4.98 Å². The van der Waals surface area contributed by atoms with Crippen LogP contribution in [0.2, 0.25) is 0 Å². The van der Waals surface area contributed by atoms with Gasteiger partial charge in [0.25, 0.3) is 0 Å². The van der Waals surface area contributed by atoms with Crippen molar-refractivity contribution in [2.75, 3.05) is 0 Å². The monoisotopic (exact) mass is 312 g/mol. The number of nitrogens with zero attached hydrogens (tertiary/aromatic N) is 3. The van der Waals surface area contributed by atoms with Crippen molar-refractivity contribution in [1.82, 2.24) is 20.1 Å². The zero-order valence-electron chi connectivity index (χ0n) is 13.1. The van der Waals surface area contributed by atoms with Gasteiger partial charge >= 0.3 is 0 Å². The van der Waals surface area contributed by atoms with Gasteiger partial charge in [0.15, 0.2) is 0 Å². The van der Waals surface area contributed by atoms with Crippen LogP contribution in [0.4, 0.5) is 0 Å². The van der Waals surface area contributed by atoms with Crippen LogP contribution in [0, 0.1) is 6.92 Å². The molecule has 22 heavy (non-hydrogen) atoms. The summed E-state index contributed by atoms with van der Waals surface area (Å²) in [6, 6.07) is 10.6. The molecule has 5 heteroatoms. The van der Waals surface area contributed by atoms with Crippen LogP contribution in [0.25, 0.3) is 10.6 Å². The first-order valence-electron chi connectivity index (χ1n) is 7.37. The molecular formula is C17H20N4S. The smallest absolute Gasteiger partial charge is 0.123 e. The highest BCUT2D eigenvalue weighted by molar-refractivity contribution is 7.15. The molecule has 3 aromatic rings. The van der Waals surface area contributed by atoms with E-state index in [0.29, 0.717) is 0 Å². The predicted octanol–water partition coefficient (Wildman–Crippen LogP) is 3.70. The minimum absolute atomic E-state index is 0.273. The molecule has 0 aliphatic heterocycles. The van der Waals surface area contributed by atoms with Crippen LogP contribution in [0.15, 0.2) is 42.7 Å². The molecule has 1 unspecified atom stereocenters. The van der Waals surface area contributed by atoms with Crippen LogP contribution in [-0.4, -0.2) is 14.8 Å². The van der Waals surface area contributed by atoms with Gasteiger partial charge in [-0.1, -0.05) is 30.3 Å². The Bertz CT molecular complexity index is 745. The van der Waals surface area contributed by atoms with Gasteiger partial charge in [0.1, 0.15) is 5.01 Å². The first-order valence-corrected chi connectivity index (χ1v) is 8.19. The Kier molecular flexibility index (Phi) is 4.36. The predicted molar refractivity (Wildman–Crippen MR) is 90.7 cm³/mol. The lowest BCUT2D eigenvalue weighted by molar-refractivity contribution is 0.579. The van der Waals surface area contributed by atoms with Crippen LogP contribution in [0.1, 0.15) is 29.1 Å². The summed E-state index contributed by atoms with van der Waals surface area (Å²) in [4.78, 5) is 6.02. The SMILES string of the molecule is Cc1nc(-c2ccccc2)sc1C(C)NCc1cnn(C)c1. The average Bonchev–Trinajstić information content (AvgIpc) is 3.12. The van der Waals surface area contributed by atoms with Gasteiger partial charge in [-0.3, -0.25) is 4.68 Å². The van der Waals surface area contributed by atoms with Gasteiger partial charge in [0.2, 0.25) is 0 Å². The standard InChI is InChI=1S/C17H20N4S/c1-12(18-9-14-10-19-21(3)11-14)16-13(2)20-17(22-16)15-7-5-4-6-8-15/h4-8,10-12,18H,9H2,1-3H3. The van der Waals surface area contributed by atoms with E-state index in [-0.39, 0.29) is 6.04 Å². The average molecular weight is 312 g/mol. The van der Waals surface area contributed by atoms with Gasteiger partial charge in [0.05, 0.1) is 11.9 Å². The molecule has 0 spiro atoms. The van der Waals surface area contributed by atoms with Crippen molar-refractivity contribution in [3.05, 3.63) is 58.9 Å². The number of rotatable bonds is 5. The lowest BCUT2D eigenvalue weighted by atomic mass is 10.2. The second-order valence-electron chi connectivity index (χ2n) is 5.46. The van der Waals surface area contributed by atoms with Gasteiger partial charge in [0, 0.05) is 41.8 Å². The summed E-state index contributed by atoms with van der Waals surface area (Å²) < 4.78 is 1.83. The van der Waals surface area contributed by atoms with Crippen molar-refractivity contribution >= 4 is 11.3 Å². The summed E-state index contributed by atoms with van der Waals surface area (Å²) in [6.07, 6.45) is 3.93. The molecule has 0 bridgehead atoms. The maximum absolute atomic E-state index is 4.72. The third-order valence-electron chi connectivity index (χ3n) is 3.62. The Balaban J connectivity index is 1.72. The van der Waals surface area contributed by atoms with Crippen molar-refractivity contribution in [3.63, 3.8) is 0 Å². The Labute approximate surface area is 134 Å². The minimum atomic E-state index is 0.273. The summed E-state index contributed by atoms with van der Waals surface area (Å²) in [7, 11) is 1.94. The molecule has 2 heterocycles. The van der Waals surface area contributed by atoms with Crippen LogP contribution < -0.4 is 5.32 Å². The van der Waals surface area contributed by atoms with Crippen molar-refractivity contribution in [2.45, 2.75) is 26.4 Å². The molecule has 114 valence electrons. The Morgan fingerprint density at radius 2 is 2.05 bits per heavy atom. The van der Waals surface area contributed by atoms with E-state index < -0.39 is 0 Å². The molecule has 0 saturated heterocycles. The highest BCUT2D eigenvalue weighted by Crippen LogP contribution is 2.31. The minimum Gasteiger partial charge on any atom is -0.305 e. The zero-order chi connectivity index (χ0) is 15.5. The lowest BCUT2D eigenvalue weighted by Gasteiger charge is -2.11. The van der Waals surface area contributed by atoms with Crippen molar-refractivity contribution in [3.8, 4) is 10.6 Å². The fraction of sp³-hybridized carbons (Fsp3) is 0.294. The Hall–Kier alpha value is -1.98. The zero-order valence-corrected chi connectivity index (χ0v) is 13.9. The molecule has 1 atom stereocenters. The third-order valence-corrected chi connectivity index (χ3v) is 5.01. The number of aromatic nitrogens is 3. The highest BCUT2D eigenvalue weighted by Gasteiger charge is 2.15. The number of hydrogen-bond acceptors (Lipinski definition) is 4. The maximum atomic E-state index is 4.72. The van der Waals surface area contributed by atoms with Crippen molar-refractivity contribution < 1.29 is 0 Å². The highest BCUT2D eigenvalue weighted by atomic mass is 32.1. The summed E-state index contributed by atoms with van der Waals surface area (Å²) in [6.45, 7) is 5.08. The van der Waals surface area contributed by atoms with Crippen LogP contribution in [0.3, 0.4) is 0 Å². The summed E-state index contributed by atoms with van der Waals surface area (Å²) >= 11 is 1.77. The molecule has 1 N–H and O–H groups in total. The largest absolute Gasteiger partial charge is 0.305 e. The van der Waals surface area contributed by atoms with Gasteiger partial charge in [-0.05, 0) is 13.8 Å². The first-order chi connectivity index (χ1) is 10.6. The van der Waals surface area contributed by atoms with Gasteiger partial charge in [-0.2, -0.15) is 5.10 Å². The van der Waals surface area contributed by atoms with Gasteiger partial charge in [-0.15, -0.1) is 11.3 Å². The van der Waals surface area contributed by atoms with Crippen LogP contribution in [-0.2, 0) is 13.6 Å². The normalized spacial score (nSPS) is 12.5. The Morgan fingerprint density at radius 3 is 2.73 bits per heavy atom. The van der Waals surface area contributed by atoms with E-state index in [1.54, 1.807) is 11.3 Å². The van der Waals surface area contributed by atoms with E-state index in [1.807, 2.05) is 30.2 Å². The van der Waals surface area contributed by atoms with E-state index in [0.717, 1.165) is 17.2 Å². The number of aryl methyl sites for hydroxylation is 2. The van der Waals surface area contributed by atoms with Crippen molar-refractivity contribution in [2.24, 2.45) is 7.05 Å². The molecule has 0 amide bonds. The summed E-state index contributed by atoms with van der Waals surface area (Å²) in [5.74, 6) is 0. The van der Waals surface area contributed by atoms with Crippen LogP contribution >= 0.6 is 11.3 Å². The second kappa shape index (κ2) is 6.42.